The zero-order chi connectivity index (χ0) is 11.5. The number of aromatic hydroxyl groups is 2. The second kappa shape index (κ2) is 4.41. The summed E-state index contributed by atoms with van der Waals surface area (Å²) in [7, 11) is 0. The van der Waals surface area contributed by atoms with Crippen LogP contribution in [-0.4, -0.2) is 10.2 Å². The molecule has 2 rings (SSSR count). The van der Waals surface area contributed by atoms with Crippen LogP contribution in [-0.2, 0) is 0 Å². The van der Waals surface area contributed by atoms with E-state index in [2.05, 4.69) is 19.1 Å². The molecule has 0 saturated heterocycles. The lowest BCUT2D eigenvalue weighted by atomic mass is 10.2. The minimum Gasteiger partial charge on any atom is -0.504 e. The van der Waals surface area contributed by atoms with Crippen LogP contribution in [0.3, 0.4) is 0 Å². The average molecular weight is 232 g/mol. The Balaban J connectivity index is 2.20. The van der Waals surface area contributed by atoms with Gasteiger partial charge in [-0.1, -0.05) is 12.1 Å². The SMILES string of the molecule is Cc1ccc(/C=C/c2ccc(O)c(O)c2)s1. The van der Waals surface area contributed by atoms with Gasteiger partial charge in [-0.2, -0.15) is 0 Å². The van der Waals surface area contributed by atoms with E-state index in [-0.39, 0.29) is 11.5 Å². The molecule has 1 heterocycles. The summed E-state index contributed by atoms with van der Waals surface area (Å²) >= 11 is 1.72. The Labute approximate surface area is 98.1 Å². The standard InChI is InChI=1S/C13H12O2S/c1-9-2-5-11(16-9)6-3-10-4-7-12(14)13(15)8-10/h2-8,14-15H,1H3/b6-3+. The fraction of sp³-hybridized carbons (Fsp3) is 0.0769. The molecular weight excluding hydrogens is 220 g/mol. The fourth-order valence-electron chi connectivity index (χ4n) is 1.37. The molecule has 0 spiro atoms. The van der Waals surface area contributed by atoms with Crippen molar-refractivity contribution in [1.82, 2.24) is 0 Å². The maximum absolute atomic E-state index is 9.32. The highest BCUT2D eigenvalue weighted by Gasteiger charge is 1.98. The Morgan fingerprint density at radius 2 is 1.81 bits per heavy atom. The van der Waals surface area contributed by atoms with Gasteiger partial charge in [-0.05, 0) is 42.8 Å². The van der Waals surface area contributed by atoms with E-state index < -0.39 is 0 Å². The molecule has 1 aromatic heterocycles. The van der Waals surface area contributed by atoms with Crippen molar-refractivity contribution in [2.45, 2.75) is 6.92 Å². The molecule has 0 atom stereocenters. The average Bonchev–Trinajstić information content (AvgIpc) is 2.66. The molecule has 0 saturated carbocycles. The van der Waals surface area contributed by atoms with E-state index in [1.807, 2.05) is 12.2 Å². The van der Waals surface area contributed by atoms with Crippen molar-refractivity contribution >= 4 is 23.5 Å². The maximum atomic E-state index is 9.32. The molecule has 16 heavy (non-hydrogen) atoms. The number of benzene rings is 1. The second-order valence-corrected chi connectivity index (χ2v) is 4.85. The molecule has 2 nitrogen and oxygen atoms in total. The first-order valence-electron chi connectivity index (χ1n) is 4.91. The summed E-state index contributed by atoms with van der Waals surface area (Å²) in [4.78, 5) is 2.44. The second-order valence-electron chi connectivity index (χ2n) is 3.53. The topological polar surface area (TPSA) is 40.5 Å². The molecule has 2 aromatic rings. The van der Waals surface area contributed by atoms with Gasteiger partial charge in [0, 0.05) is 9.75 Å². The molecule has 0 bridgehead atoms. The number of rotatable bonds is 2. The number of phenolic OH excluding ortho intramolecular Hbond substituents is 2. The number of hydrogen-bond acceptors (Lipinski definition) is 3. The normalized spacial score (nSPS) is 11.1. The summed E-state index contributed by atoms with van der Waals surface area (Å²) in [5.74, 6) is -0.186. The summed E-state index contributed by atoms with van der Waals surface area (Å²) in [5.41, 5.74) is 0.862. The molecule has 0 aliphatic rings. The first-order valence-corrected chi connectivity index (χ1v) is 5.73. The molecule has 3 heteroatoms. The molecular formula is C13H12O2S. The first kappa shape index (κ1) is 10.8. The van der Waals surface area contributed by atoms with E-state index >= 15 is 0 Å². The van der Waals surface area contributed by atoms with Crippen molar-refractivity contribution < 1.29 is 10.2 Å². The van der Waals surface area contributed by atoms with Crippen molar-refractivity contribution in [2.24, 2.45) is 0 Å². The van der Waals surface area contributed by atoms with Crippen molar-refractivity contribution in [2.75, 3.05) is 0 Å². The Kier molecular flexibility index (Phi) is 2.97. The van der Waals surface area contributed by atoms with Gasteiger partial charge in [0.1, 0.15) is 0 Å². The van der Waals surface area contributed by atoms with Gasteiger partial charge in [-0.15, -0.1) is 11.3 Å². The zero-order valence-corrected chi connectivity index (χ0v) is 9.66. The molecule has 82 valence electrons. The van der Waals surface area contributed by atoms with Gasteiger partial charge >= 0.3 is 0 Å². The summed E-state index contributed by atoms with van der Waals surface area (Å²) in [5, 5.41) is 18.5. The predicted octanol–water partition coefficient (Wildman–Crippen LogP) is 3.64. The van der Waals surface area contributed by atoms with Gasteiger partial charge in [0.05, 0.1) is 0 Å². The molecule has 1 aromatic carbocycles. The van der Waals surface area contributed by atoms with Gasteiger partial charge < -0.3 is 10.2 Å². The van der Waals surface area contributed by atoms with Crippen molar-refractivity contribution in [3.63, 3.8) is 0 Å². The Bertz CT molecular complexity index is 526. The molecule has 0 amide bonds. The van der Waals surface area contributed by atoms with Crippen LogP contribution in [0.5, 0.6) is 11.5 Å². The highest BCUT2D eigenvalue weighted by atomic mass is 32.1. The minimum absolute atomic E-state index is 0.0930. The molecule has 0 unspecified atom stereocenters. The number of phenols is 2. The van der Waals surface area contributed by atoms with Gasteiger partial charge in [0.2, 0.25) is 0 Å². The highest BCUT2D eigenvalue weighted by Crippen LogP contribution is 2.26. The van der Waals surface area contributed by atoms with Crippen LogP contribution in [0.15, 0.2) is 30.3 Å². The number of aryl methyl sites for hydroxylation is 1. The van der Waals surface area contributed by atoms with Gasteiger partial charge in [-0.3, -0.25) is 0 Å². The first-order chi connectivity index (χ1) is 7.65. The predicted molar refractivity (Wildman–Crippen MR) is 67.8 cm³/mol. The third-order valence-electron chi connectivity index (χ3n) is 2.20. The van der Waals surface area contributed by atoms with Gasteiger partial charge in [-0.25, -0.2) is 0 Å². The summed E-state index contributed by atoms with van der Waals surface area (Å²) in [6.07, 6.45) is 3.90. The van der Waals surface area contributed by atoms with Crippen LogP contribution in [0.25, 0.3) is 12.2 Å². The van der Waals surface area contributed by atoms with E-state index in [1.54, 1.807) is 17.4 Å². The molecule has 2 N–H and O–H groups in total. The third kappa shape index (κ3) is 2.44. The fourth-order valence-corrected chi connectivity index (χ4v) is 2.15. The van der Waals surface area contributed by atoms with Crippen LogP contribution in [0.1, 0.15) is 15.3 Å². The van der Waals surface area contributed by atoms with Crippen LogP contribution in [0, 0.1) is 6.92 Å². The molecule has 0 fully saturated rings. The Hall–Kier alpha value is -1.74. The monoisotopic (exact) mass is 232 g/mol. The highest BCUT2D eigenvalue weighted by molar-refractivity contribution is 7.12. The Morgan fingerprint density at radius 1 is 1.00 bits per heavy atom. The molecule has 0 radical (unpaired) electrons. The minimum atomic E-state index is -0.0934. The lowest BCUT2D eigenvalue weighted by Gasteiger charge is -1.97. The van der Waals surface area contributed by atoms with Gasteiger partial charge in [0.25, 0.3) is 0 Å². The molecule has 0 aliphatic heterocycles. The van der Waals surface area contributed by atoms with E-state index in [1.165, 1.54) is 21.9 Å². The van der Waals surface area contributed by atoms with Crippen molar-refractivity contribution in [3.05, 3.63) is 45.6 Å². The van der Waals surface area contributed by atoms with Crippen LogP contribution in [0.4, 0.5) is 0 Å². The van der Waals surface area contributed by atoms with Crippen LogP contribution in [0.2, 0.25) is 0 Å². The zero-order valence-electron chi connectivity index (χ0n) is 8.84. The van der Waals surface area contributed by atoms with E-state index in [9.17, 15) is 5.11 Å². The lowest BCUT2D eigenvalue weighted by molar-refractivity contribution is 0.403. The Morgan fingerprint density at radius 3 is 2.44 bits per heavy atom. The van der Waals surface area contributed by atoms with E-state index in [0.29, 0.717) is 0 Å². The summed E-state index contributed by atoms with van der Waals surface area (Å²) in [6.45, 7) is 2.06. The van der Waals surface area contributed by atoms with Crippen molar-refractivity contribution in [1.29, 1.82) is 0 Å². The van der Waals surface area contributed by atoms with Crippen LogP contribution >= 0.6 is 11.3 Å². The molecule has 0 aliphatic carbocycles. The number of hydrogen-bond donors (Lipinski definition) is 2. The summed E-state index contributed by atoms with van der Waals surface area (Å²) in [6, 6.07) is 8.89. The smallest absolute Gasteiger partial charge is 0.157 e. The number of thiophene rings is 1. The summed E-state index contributed by atoms with van der Waals surface area (Å²) < 4.78 is 0. The quantitative estimate of drug-likeness (QED) is 0.776. The van der Waals surface area contributed by atoms with Gasteiger partial charge in [0.15, 0.2) is 11.5 Å². The lowest BCUT2D eigenvalue weighted by Crippen LogP contribution is -1.72. The van der Waals surface area contributed by atoms with E-state index in [4.69, 9.17) is 5.11 Å². The van der Waals surface area contributed by atoms with Crippen molar-refractivity contribution in [3.8, 4) is 11.5 Å². The van der Waals surface area contributed by atoms with E-state index in [0.717, 1.165) is 5.56 Å². The van der Waals surface area contributed by atoms with Crippen LogP contribution < -0.4 is 0 Å². The third-order valence-corrected chi connectivity index (χ3v) is 3.17. The largest absolute Gasteiger partial charge is 0.504 e. The maximum Gasteiger partial charge on any atom is 0.157 e.